The van der Waals surface area contributed by atoms with Crippen molar-refractivity contribution < 1.29 is 21.6 Å². The van der Waals surface area contributed by atoms with E-state index in [1.807, 2.05) is 4.72 Å². The summed E-state index contributed by atoms with van der Waals surface area (Å²) in [5.41, 5.74) is 1.62. The van der Waals surface area contributed by atoms with Crippen LogP contribution < -0.4 is 9.62 Å². The molecule has 164 valence electrons. The van der Waals surface area contributed by atoms with E-state index < -0.39 is 28.8 Å². The summed E-state index contributed by atoms with van der Waals surface area (Å²) in [4.78, 5) is 1.04. The number of halogens is 5. The van der Waals surface area contributed by atoms with Crippen LogP contribution >= 0.6 is 23.2 Å². The van der Waals surface area contributed by atoms with Crippen molar-refractivity contribution in [1.82, 2.24) is 4.72 Å². The second-order valence-corrected chi connectivity index (χ2v) is 9.37. The molecule has 0 aliphatic rings. The van der Waals surface area contributed by atoms with Gasteiger partial charge in [0.2, 0.25) is 10.0 Å². The van der Waals surface area contributed by atoms with Crippen LogP contribution in [0.2, 0.25) is 10.0 Å². The Bertz CT molecular complexity index is 1030. The summed E-state index contributed by atoms with van der Waals surface area (Å²) in [6.45, 7) is 5.98. The molecule has 1 N–H and O–H groups in total. The van der Waals surface area contributed by atoms with Gasteiger partial charge in [-0.3, -0.25) is 0 Å². The fraction of sp³-hybridized carbons (Fsp3) is 0.300. The van der Waals surface area contributed by atoms with Gasteiger partial charge >= 0.3 is 6.18 Å². The number of alkyl halides is 3. The van der Waals surface area contributed by atoms with E-state index in [1.54, 1.807) is 12.1 Å². The van der Waals surface area contributed by atoms with Gasteiger partial charge in [-0.1, -0.05) is 48.0 Å². The molecule has 10 heteroatoms. The molecule has 0 saturated carbocycles. The highest BCUT2D eigenvalue weighted by Crippen LogP contribution is 2.31. The van der Waals surface area contributed by atoms with Crippen LogP contribution in [0.25, 0.3) is 6.08 Å². The van der Waals surface area contributed by atoms with Crippen LogP contribution in [0, 0.1) is 13.8 Å². The second-order valence-electron chi connectivity index (χ2n) is 6.88. The molecule has 0 heterocycles. The number of nitrogens with one attached hydrogen (secondary N) is 1. The summed E-state index contributed by atoms with van der Waals surface area (Å²) in [5, 5.41) is 0.486. The van der Waals surface area contributed by atoms with E-state index in [2.05, 4.69) is 6.58 Å². The topological polar surface area (TPSA) is 49.4 Å². The standard InChI is InChI=1S/C20H21Cl2F3N2O2S/c1-5-14-8-12(2)19(13(3)9-14)30(28,29)26-18(20(23,24)25)11-27(4)17-7-6-15(21)10-16(17)22/h5-10,18,26H,1,11H2,2-4H3. The summed E-state index contributed by atoms with van der Waals surface area (Å²) >= 11 is 11.9. The Morgan fingerprint density at radius 1 is 1.17 bits per heavy atom. The molecule has 0 radical (unpaired) electrons. The van der Waals surface area contributed by atoms with Gasteiger partial charge in [-0.15, -0.1) is 0 Å². The first kappa shape index (κ1) is 24.5. The molecule has 2 aromatic carbocycles. The highest BCUT2D eigenvalue weighted by molar-refractivity contribution is 7.89. The Morgan fingerprint density at radius 3 is 2.20 bits per heavy atom. The summed E-state index contributed by atoms with van der Waals surface area (Å²) in [6, 6.07) is 5.09. The second kappa shape index (κ2) is 9.18. The molecule has 2 aromatic rings. The first-order valence-corrected chi connectivity index (χ1v) is 11.0. The third kappa shape index (κ3) is 5.69. The molecule has 0 bridgehead atoms. The largest absolute Gasteiger partial charge is 0.406 e. The predicted molar refractivity (Wildman–Crippen MR) is 116 cm³/mol. The molecule has 1 unspecified atom stereocenters. The number of benzene rings is 2. The lowest BCUT2D eigenvalue weighted by Crippen LogP contribution is -2.51. The van der Waals surface area contributed by atoms with E-state index in [-0.39, 0.29) is 15.6 Å². The first-order valence-electron chi connectivity index (χ1n) is 8.75. The highest BCUT2D eigenvalue weighted by atomic mass is 35.5. The smallest absolute Gasteiger partial charge is 0.371 e. The van der Waals surface area contributed by atoms with Crippen LogP contribution in [0.5, 0.6) is 0 Å². The quantitative estimate of drug-likeness (QED) is 0.560. The Kier molecular flexibility index (Phi) is 7.50. The normalized spacial score (nSPS) is 13.2. The SMILES string of the molecule is C=Cc1cc(C)c(S(=O)(=O)NC(CN(C)c2ccc(Cl)cc2Cl)C(F)(F)F)c(C)c1. The predicted octanol–water partition coefficient (Wildman–Crippen LogP) is 5.60. The van der Waals surface area contributed by atoms with Crippen LogP contribution in [0.4, 0.5) is 18.9 Å². The van der Waals surface area contributed by atoms with E-state index in [1.165, 1.54) is 50.1 Å². The molecular weight excluding hydrogens is 460 g/mol. The molecule has 0 fully saturated rings. The van der Waals surface area contributed by atoms with Gasteiger partial charge in [0.15, 0.2) is 0 Å². The number of hydrogen-bond donors (Lipinski definition) is 1. The zero-order chi connectivity index (χ0) is 22.9. The van der Waals surface area contributed by atoms with Crippen molar-refractivity contribution in [3.8, 4) is 0 Å². The summed E-state index contributed by atoms with van der Waals surface area (Å²) in [7, 11) is -3.07. The van der Waals surface area contributed by atoms with Crippen molar-refractivity contribution in [3.63, 3.8) is 0 Å². The van der Waals surface area contributed by atoms with Crippen molar-refractivity contribution in [2.75, 3.05) is 18.5 Å². The number of sulfonamides is 1. The van der Waals surface area contributed by atoms with E-state index in [4.69, 9.17) is 23.2 Å². The molecule has 4 nitrogen and oxygen atoms in total. The number of nitrogens with zero attached hydrogens (tertiary/aromatic N) is 1. The summed E-state index contributed by atoms with van der Waals surface area (Å²) in [6.07, 6.45) is -3.30. The van der Waals surface area contributed by atoms with E-state index in [0.29, 0.717) is 21.7 Å². The van der Waals surface area contributed by atoms with Crippen molar-refractivity contribution in [2.45, 2.75) is 31.0 Å². The lowest BCUT2D eigenvalue weighted by Gasteiger charge is -2.29. The number of anilines is 1. The van der Waals surface area contributed by atoms with Crippen LogP contribution in [0.3, 0.4) is 0 Å². The lowest BCUT2D eigenvalue weighted by atomic mass is 10.1. The molecule has 0 amide bonds. The van der Waals surface area contributed by atoms with Gasteiger partial charge in [-0.05, 0) is 48.7 Å². The Labute approximate surface area is 184 Å². The number of rotatable bonds is 7. The van der Waals surface area contributed by atoms with Gasteiger partial charge in [0.05, 0.1) is 15.6 Å². The average molecular weight is 481 g/mol. The van der Waals surface area contributed by atoms with E-state index >= 15 is 0 Å². The Balaban J connectivity index is 2.38. The maximum Gasteiger partial charge on any atom is 0.406 e. The minimum Gasteiger partial charge on any atom is -0.371 e. The van der Waals surface area contributed by atoms with E-state index in [0.717, 1.165) is 0 Å². The Hall–Kier alpha value is -1.74. The molecule has 0 saturated heterocycles. The fourth-order valence-corrected chi connectivity index (χ4v) is 5.36. The van der Waals surface area contributed by atoms with Crippen LogP contribution in [0.1, 0.15) is 16.7 Å². The third-order valence-corrected chi connectivity index (χ3v) is 6.77. The maximum absolute atomic E-state index is 13.7. The summed E-state index contributed by atoms with van der Waals surface area (Å²) < 4.78 is 68.7. The minimum absolute atomic E-state index is 0.153. The molecule has 0 aliphatic carbocycles. The highest BCUT2D eigenvalue weighted by Gasteiger charge is 2.43. The first-order chi connectivity index (χ1) is 13.8. The van der Waals surface area contributed by atoms with Gasteiger partial charge in [-0.2, -0.15) is 17.9 Å². The van der Waals surface area contributed by atoms with Crippen molar-refractivity contribution in [3.05, 3.63) is 63.6 Å². The van der Waals surface area contributed by atoms with Crippen LogP contribution in [-0.4, -0.2) is 34.2 Å². The molecule has 1 atom stereocenters. The monoisotopic (exact) mass is 480 g/mol. The molecule has 30 heavy (non-hydrogen) atoms. The molecule has 0 spiro atoms. The van der Waals surface area contributed by atoms with Gasteiger partial charge in [0.25, 0.3) is 0 Å². The average Bonchev–Trinajstić information content (AvgIpc) is 2.58. The van der Waals surface area contributed by atoms with Crippen molar-refractivity contribution in [1.29, 1.82) is 0 Å². The van der Waals surface area contributed by atoms with Gasteiger partial charge in [0.1, 0.15) is 6.04 Å². The van der Waals surface area contributed by atoms with Crippen molar-refractivity contribution in [2.24, 2.45) is 0 Å². The molecule has 2 rings (SSSR count). The Morgan fingerprint density at radius 2 is 1.73 bits per heavy atom. The lowest BCUT2D eigenvalue weighted by molar-refractivity contribution is -0.148. The number of aryl methyl sites for hydroxylation is 2. The van der Waals surface area contributed by atoms with Crippen LogP contribution in [0.15, 0.2) is 41.8 Å². The molecule has 0 aliphatic heterocycles. The summed E-state index contributed by atoms with van der Waals surface area (Å²) in [5.74, 6) is 0. The third-order valence-electron chi connectivity index (χ3n) is 4.46. The van der Waals surface area contributed by atoms with Gasteiger partial charge < -0.3 is 4.90 Å². The molecule has 0 aromatic heterocycles. The maximum atomic E-state index is 13.7. The number of hydrogen-bond acceptors (Lipinski definition) is 3. The van der Waals surface area contributed by atoms with Crippen molar-refractivity contribution >= 4 is 45.0 Å². The zero-order valence-corrected chi connectivity index (χ0v) is 18.8. The van der Waals surface area contributed by atoms with Gasteiger partial charge in [0, 0.05) is 18.6 Å². The molecular formula is C20H21Cl2F3N2O2S. The minimum atomic E-state index is -4.83. The van der Waals surface area contributed by atoms with E-state index in [9.17, 15) is 21.6 Å². The fourth-order valence-electron chi connectivity index (χ4n) is 3.14. The van der Waals surface area contributed by atoms with Gasteiger partial charge in [-0.25, -0.2) is 8.42 Å². The number of likely N-dealkylation sites (N-methyl/N-ethyl adjacent to an activating group) is 1. The zero-order valence-electron chi connectivity index (χ0n) is 16.5. The van der Waals surface area contributed by atoms with Crippen LogP contribution in [-0.2, 0) is 10.0 Å².